The van der Waals surface area contributed by atoms with Gasteiger partial charge in [0.05, 0.1) is 33.5 Å². The van der Waals surface area contributed by atoms with Crippen molar-refractivity contribution >= 4 is 5.78 Å². The first kappa shape index (κ1) is 41.0. The molecule has 0 radical (unpaired) electrons. The molecular formula is C41H60O14. The number of hydrogen-bond donors (Lipinski definition) is 7. The molecule has 7 N–H and O–H groups in total. The summed E-state index contributed by atoms with van der Waals surface area (Å²) in [4.78, 5) is 13.5. The van der Waals surface area contributed by atoms with E-state index in [1.807, 2.05) is 18.2 Å². The van der Waals surface area contributed by atoms with Crippen molar-refractivity contribution in [2.45, 2.75) is 139 Å². The second kappa shape index (κ2) is 15.9. The molecule has 2 aliphatic heterocycles. The van der Waals surface area contributed by atoms with Crippen molar-refractivity contribution in [1.82, 2.24) is 0 Å². The van der Waals surface area contributed by atoms with E-state index < -0.39 is 74.6 Å². The molecular weight excluding hydrogens is 716 g/mol. The molecule has 18 atom stereocenters. The van der Waals surface area contributed by atoms with Gasteiger partial charge in [-0.05, 0) is 105 Å². The topological polar surface area (TPSA) is 214 Å². The molecule has 0 aromatic heterocycles. The van der Waals surface area contributed by atoms with Crippen LogP contribution in [0.3, 0.4) is 0 Å². The number of ketones is 1. The van der Waals surface area contributed by atoms with Gasteiger partial charge in [-0.3, -0.25) is 4.79 Å². The van der Waals surface area contributed by atoms with Gasteiger partial charge in [0.15, 0.2) is 12.6 Å². The molecule has 14 nitrogen and oxygen atoms in total. The highest BCUT2D eigenvalue weighted by atomic mass is 16.7. The molecule has 14 heteroatoms. The number of aliphatic hydroxyl groups is 7. The molecule has 7 rings (SSSR count). The molecule has 6 aliphatic rings. The molecule has 308 valence electrons. The van der Waals surface area contributed by atoms with E-state index in [4.69, 9.17) is 28.4 Å². The fraction of sp³-hybridized carbons (Fsp3) is 0.780. The van der Waals surface area contributed by atoms with Gasteiger partial charge >= 0.3 is 0 Å². The Bertz CT molecular complexity index is 1570. The van der Waals surface area contributed by atoms with Crippen LogP contribution in [-0.2, 0) is 23.7 Å². The Hall–Kier alpha value is -2.21. The Kier molecular flexibility index (Phi) is 11.8. The van der Waals surface area contributed by atoms with E-state index in [9.17, 15) is 40.5 Å². The highest BCUT2D eigenvalue weighted by Crippen LogP contribution is 2.69. The molecule has 2 heterocycles. The van der Waals surface area contributed by atoms with Crippen LogP contribution < -0.4 is 9.47 Å². The summed E-state index contributed by atoms with van der Waals surface area (Å²) in [7, 11) is 3.33. The Morgan fingerprint density at radius 1 is 0.855 bits per heavy atom. The smallest absolute Gasteiger partial charge is 0.186 e. The summed E-state index contributed by atoms with van der Waals surface area (Å²) in [6, 6.07) is 5.88. The number of methoxy groups -OCH3 is 2. The summed E-state index contributed by atoms with van der Waals surface area (Å²) >= 11 is 0. The van der Waals surface area contributed by atoms with E-state index in [2.05, 4.69) is 19.9 Å². The van der Waals surface area contributed by atoms with Crippen LogP contribution in [0.5, 0.6) is 11.5 Å². The number of aliphatic hydroxyl groups excluding tert-OH is 7. The van der Waals surface area contributed by atoms with Crippen molar-refractivity contribution < 1.29 is 69.0 Å². The SMILES string of the molecule is COc1ccc(OC)c([C@@H]2C[C@H]3[C@@H]4CC=C5C[C@@H](O[C@@H]6O[C@H](CO[C@H]7O[C@H](CO)[C@@H](O)[C@H](O)[C@H]7O)[C@@H](O)[C@H](O)[C@H]6O)CC[C@]5(C)[C@H]4CC[C@]3(C)[C@H]2C(C)=O)c1. The average Bonchev–Trinajstić information content (AvgIpc) is 3.50. The predicted molar refractivity (Wildman–Crippen MR) is 195 cm³/mol. The Balaban J connectivity index is 1.04. The number of Topliss-reactive ketones (excluding diaryl/α,β-unsaturated/α-hetero) is 1. The third-order valence-corrected chi connectivity index (χ3v) is 14.7. The van der Waals surface area contributed by atoms with Gasteiger partial charge in [-0.2, -0.15) is 0 Å². The number of allylic oxidation sites excluding steroid dienone is 1. The zero-order valence-electron chi connectivity index (χ0n) is 32.4. The molecule has 1 aromatic carbocycles. The molecule has 0 spiro atoms. The minimum Gasteiger partial charge on any atom is -0.497 e. The third kappa shape index (κ3) is 7.07. The number of fused-ring (bicyclic) bond motifs is 5. The Labute approximate surface area is 322 Å². The Morgan fingerprint density at radius 2 is 1.55 bits per heavy atom. The first-order valence-electron chi connectivity index (χ1n) is 19.9. The molecule has 1 aromatic rings. The Morgan fingerprint density at radius 3 is 2.22 bits per heavy atom. The van der Waals surface area contributed by atoms with Gasteiger partial charge in [-0.15, -0.1) is 0 Å². The van der Waals surface area contributed by atoms with Crippen LogP contribution in [0.2, 0.25) is 0 Å². The maximum atomic E-state index is 13.5. The van der Waals surface area contributed by atoms with E-state index in [-0.39, 0.29) is 34.6 Å². The number of rotatable bonds is 10. The van der Waals surface area contributed by atoms with Gasteiger partial charge in [0, 0.05) is 11.5 Å². The van der Waals surface area contributed by atoms with Gasteiger partial charge < -0.3 is 64.2 Å². The van der Waals surface area contributed by atoms with E-state index in [0.29, 0.717) is 30.6 Å². The molecule has 2 saturated heterocycles. The zero-order chi connectivity index (χ0) is 39.6. The van der Waals surface area contributed by atoms with Crippen LogP contribution >= 0.6 is 0 Å². The van der Waals surface area contributed by atoms with Crippen LogP contribution in [-0.4, -0.2) is 136 Å². The first-order valence-corrected chi connectivity index (χ1v) is 19.9. The fourth-order valence-corrected chi connectivity index (χ4v) is 11.7. The zero-order valence-corrected chi connectivity index (χ0v) is 32.4. The summed E-state index contributed by atoms with van der Waals surface area (Å²) in [6.07, 6.45) is -6.68. The summed E-state index contributed by atoms with van der Waals surface area (Å²) in [5, 5.41) is 72.5. The number of carbonyl (C=O) groups excluding carboxylic acids is 1. The van der Waals surface area contributed by atoms with Gasteiger partial charge in [0.25, 0.3) is 0 Å². The van der Waals surface area contributed by atoms with Crippen LogP contribution in [0.1, 0.15) is 77.2 Å². The minimum absolute atomic E-state index is 0.0286. The molecule has 0 unspecified atom stereocenters. The monoisotopic (exact) mass is 776 g/mol. The summed E-state index contributed by atoms with van der Waals surface area (Å²) in [5.41, 5.74) is 2.15. The number of benzene rings is 1. The maximum absolute atomic E-state index is 13.5. The molecule has 0 bridgehead atoms. The summed E-state index contributed by atoms with van der Waals surface area (Å²) in [6.45, 7) is 5.40. The van der Waals surface area contributed by atoms with Crippen molar-refractivity contribution in [2.75, 3.05) is 27.4 Å². The molecule has 0 amide bonds. The average molecular weight is 777 g/mol. The second-order valence-electron chi connectivity index (χ2n) is 17.4. The van der Waals surface area contributed by atoms with E-state index in [0.717, 1.165) is 49.2 Å². The van der Waals surface area contributed by atoms with E-state index in [1.165, 1.54) is 5.57 Å². The third-order valence-electron chi connectivity index (χ3n) is 14.7. The van der Waals surface area contributed by atoms with Gasteiger partial charge in [0.2, 0.25) is 0 Å². The van der Waals surface area contributed by atoms with Crippen LogP contribution in [0.15, 0.2) is 29.8 Å². The number of hydrogen-bond acceptors (Lipinski definition) is 14. The number of ether oxygens (including phenoxy) is 6. The van der Waals surface area contributed by atoms with Crippen LogP contribution in [0.25, 0.3) is 0 Å². The maximum Gasteiger partial charge on any atom is 0.186 e. The summed E-state index contributed by atoms with van der Waals surface area (Å²) < 4.78 is 34.7. The van der Waals surface area contributed by atoms with E-state index >= 15 is 0 Å². The quantitative estimate of drug-likeness (QED) is 0.168. The van der Waals surface area contributed by atoms with Crippen LogP contribution in [0.4, 0.5) is 0 Å². The molecule has 55 heavy (non-hydrogen) atoms. The predicted octanol–water partition coefficient (Wildman–Crippen LogP) is 1.57. The lowest BCUT2D eigenvalue weighted by molar-refractivity contribution is -0.336. The van der Waals surface area contributed by atoms with Crippen molar-refractivity contribution in [3.63, 3.8) is 0 Å². The molecule has 4 aliphatic carbocycles. The lowest BCUT2D eigenvalue weighted by Gasteiger charge is -2.58. The van der Waals surface area contributed by atoms with Crippen molar-refractivity contribution in [2.24, 2.45) is 34.5 Å². The lowest BCUT2D eigenvalue weighted by atomic mass is 9.47. The second-order valence-corrected chi connectivity index (χ2v) is 17.4. The summed E-state index contributed by atoms with van der Waals surface area (Å²) in [5.74, 6) is 2.87. The largest absolute Gasteiger partial charge is 0.497 e. The lowest BCUT2D eigenvalue weighted by Crippen LogP contribution is -2.62. The van der Waals surface area contributed by atoms with Gasteiger partial charge in [-0.25, -0.2) is 0 Å². The standard InChI is InChI=1S/C41H60O14/c1-19(43)31-25(24-15-21(50-4)7-9-28(24)51-5)16-27-23-8-6-20-14-22(10-12-40(20,2)26(23)11-13-41(27,31)3)53-39-37(49)35(47)33(45)30(55-39)18-52-38-36(48)34(46)32(44)29(17-42)54-38/h6-7,9,15,22-23,25-27,29-39,42,44-49H,8,10-14,16-18H2,1-5H3/t22-,23+,25-,26-,27-,29+,30+,31-,32+,33+,34-,35-,36+,37+,38-,39+,40-,41-/m0/s1. The van der Waals surface area contributed by atoms with Gasteiger partial charge in [-0.1, -0.05) is 25.5 Å². The van der Waals surface area contributed by atoms with Gasteiger partial charge in [0.1, 0.15) is 66.1 Å². The van der Waals surface area contributed by atoms with Crippen LogP contribution in [0, 0.1) is 34.5 Å². The van der Waals surface area contributed by atoms with Crippen molar-refractivity contribution in [3.8, 4) is 11.5 Å². The highest BCUT2D eigenvalue weighted by Gasteiger charge is 2.63. The van der Waals surface area contributed by atoms with E-state index in [1.54, 1.807) is 21.1 Å². The molecule has 3 saturated carbocycles. The number of carbonyl (C=O) groups is 1. The fourth-order valence-electron chi connectivity index (χ4n) is 11.7. The highest BCUT2D eigenvalue weighted by molar-refractivity contribution is 5.81. The minimum atomic E-state index is -1.65. The van der Waals surface area contributed by atoms with Crippen molar-refractivity contribution in [3.05, 3.63) is 35.4 Å². The first-order chi connectivity index (χ1) is 26.2. The normalized spacial score (nSPS) is 46.9. The van der Waals surface area contributed by atoms with Crippen molar-refractivity contribution in [1.29, 1.82) is 0 Å². The molecule has 5 fully saturated rings.